The number of unbranched alkanes of at least 4 members (excludes halogenated alkanes) is 1. The summed E-state index contributed by atoms with van der Waals surface area (Å²) < 4.78 is 5.34. The van der Waals surface area contributed by atoms with Gasteiger partial charge in [0.05, 0.1) is 17.4 Å². The normalized spacial score (nSPS) is 27.5. The number of alkyl carbamates (subject to hydrolysis) is 1. The lowest BCUT2D eigenvalue weighted by atomic mass is 9.49. The highest BCUT2D eigenvalue weighted by Gasteiger charge is 2.58. The quantitative estimate of drug-likeness (QED) is 0.0693. The van der Waals surface area contributed by atoms with Crippen molar-refractivity contribution in [2.45, 2.75) is 135 Å². The van der Waals surface area contributed by atoms with Crippen LogP contribution >= 0.6 is 0 Å². The molecule has 0 heterocycles. The Bertz CT molecular complexity index is 2230. The second kappa shape index (κ2) is 18.4. The van der Waals surface area contributed by atoms with Crippen molar-refractivity contribution in [2.24, 2.45) is 28.4 Å². The Labute approximate surface area is 370 Å². The zero-order valence-electron chi connectivity index (χ0n) is 37.2. The van der Waals surface area contributed by atoms with E-state index in [9.17, 15) is 34.2 Å². The number of anilines is 2. The third-order valence-corrected chi connectivity index (χ3v) is 15.5. The minimum Gasteiger partial charge on any atom is -0.508 e. The highest BCUT2D eigenvalue weighted by molar-refractivity contribution is 6.01. The third kappa shape index (κ3) is 9.09. The molecule has 7 atom stereocenters. The smallest absolute Gasteiger partial charge is 0.408 e. The van der Waals surface area contributed by atoms with Crippen molar-refractivity contribution in [3.05, 3.63) is 88.5 Å². The highest BCUT2D eigenvalue weighted by Crippen LogP contribution is 2.60. The number of hydrogen-bond acceptors (Lipinski definition) is 9. The number of aliphatic hydroxyl groups is 1. The van der Waals surface area contributed by atoms with E-state index in [4.69, 9.17) is 10.5 Å². The first-order chi connectivity index (χ1) is 30.0. The maximum Gasteiger partial charge on any atom is 0.408 e. The number of imide groups is 1. The fourth-order valence-corrected chi connectivity index (χ4v) is 12.0. The van der Waals surface area contributed by atoms with Gasteiger partial charge in [-0.25, -0.2) is 4.79 Å². The van der Waals surface area contributed by atoms with E-state index < -0.39 is 40.9 Å². The van der Waals surface area contributed by atoms with Gasteiger partial charge in [-0.05, 0) is 158 Å². The number of rotatable bonds is 13. The maximum absolute atomic E-state index is 14.6. The Balaban J connectivity index is 0.979. The molecule has 8 N–H and O–H groups in total. The van der Waals surface area contributed by atoms with Gasteiger partial charge < -0.3 is 36.6 Å². The van der Waals surface area contributed by atoms with Crippen LogP contribution in [0.5, 0.6) is 5.75 Å². The lowest BCUT2D eigenvalue weighted by Crippen LogP contribution is -2.60. The van der Waals surface area contributed by atoms with E-state index in [1.165, 1.54) is 5.56 Å². The van der Waals surface area contributed by atoms with Crippen molar-refractivity contribution in [3.8, 4) is 5.75 Å². The number of amides is 5. The second-order valence-electron chi connectivity index (χ2n) is 19.5. The Morgan fingerprint density at radius 2 is 1.32 bits per heavy atom. The van der Waals surface area contributed by atoms with Crippen LogP contribution in [0.2, 0.25) is 0 Å². The molecule has 2 saturated carbocycles. The Kier molecular flexibility index (Phi) is 13.4. The molecule has 13 nitrogen and oxygen atoms in total. The fraction of sp³-hybridized carbons (Fsp3) is 0.540. The molecule has 0 unspecified atom stereocenters. The molecule has 0 bridgehead atoms. The fourth-order valence-electron chi connectivity index (χ4n) is 12.0. The van der Waals surface area contributed by atoms with Gasteiger partial charge in [0.1, 0.15) is 18.4 Å². The van der Waals surface area contributed by atoms with Crippen molar-refractivity contribution in [1.82, 2.24) is 10.6 Å². The second-order valence-corrected chi connectivity index (χ2v) is 19.5. The molecule has 0 radical (unpaired) electrons. The number of carbonyl (C=O) groups is 5. The monoisotopic (exact) mass is 863 g/mol. The predicted molar refractivity (Wildman–Crippen MR) is 241 cm³/mol. The number of phenolic OH excluding ortho intramolecular Hbond substituents is 1. The van der Waals surface area contributed by atoms with E-state index in [1.807, 2.05) is 44.2 Å². The first kappa shape index (κ1) is 45.7. The van der Waals surface area contributed by atoms with E-state index >= 15 is 0 Å². The molecule has 0 aromatic heterocycles. The summed E-state index contributed by atoms with van der Waals surface area (Å²) in [6.45, 7) is 8.25. The molecule has 0 saturated heterocycles. The number of aliphatic hydroxyl groups excluding tert-OH is 1. The van der Waals surface area contributed by atoms with Gasteiger partial charge in [-0.2, -0.15) is 0 Å². The molecule has 2 fully saturated rings. The van der Waals surface area contributed by atoms with Crippen LogP contribution in [0, 0.1) is 22.7 Å². The van der Waals surface area contributed by atoms with Crippen molar-refractivity contribution in [1.29, 1.82) is 0 Å². The van der Waals surface area contributed by atoms with Crippen LogP contribution in [0.25, 0.3) is 0 Å². The Morgan fingerprint density at radius 3 is 1.90 bits per heavy atom. The van der Waals surface area contributed by atoms with E-state index in [-0.39, 0.29) is 47.3 Å². The van der Waals surface area contributed by atoms with E-state index in [0.29, 0.717) is 49.2 Å². The number of nitrogens with one attached hydrogen (secondary N) is 4. The van der Waals surface area contributed by atoms with Crippen LogP contribution < -0.4 is 27.0 Å². The summed E-state index contributed by atoms with van der Waals surface area (Å²) in [4.78, 5) is 67.4. The van der Waals surface area contributed by atoms with Crippen LogP contribution in [-0.2, 0) is 54.2 Å². The number of ether oxygens (including phenoxy) is 1. The average molecular weight is 864 g/mol. The van der Waals surface area contributed by atoms with Crippen molar-refractivity contribution in [2.75, 3.05) is 23.8 Å². The van der Waals surface area contributed by atoms with Crippen LogP contribution in [0.15, 0.2) is 60.7 Å². The Morgan fingerprint density at radius 1 is 0.746 bits per heavy atom. The molecular weight excluding hydrogens is 799 g/mol. The minimum absolute atomic E-state index is 0.0227. The summed E-state index contributed by atoms with van der Waals surface area (Å²) in [7, 11) is 0. The largest absolute Gasteiger partial charge is 0.508 e. The molecule has 13 heteroatoms. The molecule has 5 amide bonds. The number of carbonyl (C=O) groups excluding carboxylic acids is 5. The summed E-state index contributed by atoms with van der Waals surface area (Å²) in [5.74, 6) is -0.960. The third-order valence-electron chi connectivity index (χ3n) is 15.5. The standard InChI is InChI=1S/C50H65N5O8/c1-47-22-7-24-49(3,44(60)55-45(61)50(4)25-8-23-48(2)38-28-36(57)19-13-33(38)15-21-41(48)50)40(47)20-14-32-12-18-35(27-37(32)47)53-43(59)39(29-56)54-46(62)63-30-31-10-16-34(17-11-31)52-42(58)9-5-6-26-51/h10-13,16-19,27-28,39-41,56-57H,5-9,14-15,20-26,29-30,51H2,1-4H3,(H,52,58)(H,53,59)(H,54,62)(H,55,60,61)/t39-,40+,41+,47+,48+,49-,50-/m0/s1. The maximum atomic E-state index is 14.6. The Hall–Kier alpha value is -5.27. The lowest BCUT2D eigenvalue weighted by Gasteiger charge is -2.56. The molecule has 0 spiro atoms. The SMILES string of the molecule is C[C@]1(C(=O)NC(=O)[C@@]2(C)CCC[C@]3(C)c4cc(NC(=O)[C@H](CO)NC(=O)OCc5ccc(NC(=O)CCCCN)cc5)ccc4CC[C@@H]23)CCC[C@]2(C)c3cc(O)ccc3CC[C@@H]12. The molecule has 3 aromatic carbocycles. The predicted octanol–water partition coefficient (Wildman–Crippen LogP) is 7.05. The first-order valence-electron chi connectivity index (χ1n) is 22.8. The molecule has 4 aliphatic carbocycles. The van der Waals surface area contributed by atoms with E-state index in [0.717, 1.165) is 74.5 Å². The zero-order chi connectivity index (χ0) is 45.2. The number of fused-ring (bicyclic) bond motifs is 6. The van der Waals surface area contributed by atoms with Crippen molar-refractivity contribution in [3.63, 3.8) is 0 Å². The van der Waals surface area contributed by atoms with Crippen LogP contribution in [0.4, 0.5) is 16.2 Å². The first-order valence-corrected chi connectivity index (χ1v) is 22.8. The van der Waals surface area contributed by atoms with E-state index in [1.54, 1.807) is 30.3 Å². The summed E-state index contributed by atoms with van der Waals surface area (Å²) in [5.41, 5.74) is 9.55. The summed E-state index contributed by atoms with van der Waals surface area (Å²) in [5, 5.41) is 31.7. The number of nitrogens with two attached hydrogens (primary N) is 1. The lowest BCUT2D eigenvalue weighted by molar-refractivity contribution is -0.150. The van der Waals surface area contributed by atoms with Gasteiger partial charge >= 0.3 is 6.09 Å². The van der Waals surface area contributed by atoms with Crippen LogP contribution in [0.1, 0.15) is 126 Å². The van der Waals surface area contributed by atoms with E-state index in [2.05, 4.69) is 35.1 Å². The summed E-state index contributed by atoms with van der Waals surface area (Å²) in [6.07, 6.45) is 8.92. The topological polar surface area (TPSA) is 209 Å². The number of phenols is 1. The molecule has 63 heavy (non-hydrogen) atoms. The van der Waals surface area contributed by atoms with Gasteiger partial charge in [-0.3, -0.25) is 24.5 Å². The summed E-state index contributed by atoms with van der Waals surface area (Å²) in [6, 6.07) is 17.0. The number of aromatic hydroxyl groups is 1. The average Bonchev–Trinajstić information content (AvgIpc) is 3.25. The van der Waals surface area contributed by atoms with Gasteiger partial charge in [0, 0.05) is 17.8 Å². The molecule has 7 rings (SSSR count). The molecule has 0 aliphatic heterocycles. The van der Waals surface area contributed by atoms with Gasteiger partial charge in [-0.1, -0.05) is 64.8 Å². The number of hydrogen-bond donors (Lipinski definition) is 7. The summed E-state index contributed by atoms with van der Waals surface area (Å²) >= 11 is 0. The molecule has 4 aliphatic rings. The molecule has 338 valence electrons. The van der Waals surface area contributed by atoms with Crippen LogP contribution in [-0.4, -0.2) is 59.1 Å². The highest BCUT2D eigenvalue weighted by atomic mass is 16.5. The van der Waals surface area contributed by atoms with Crippen molar-refractivity contribution < 1.29 is 38.9 Å². The number of aryl methyl sites for hydroxylation is 2. The zero-order valence-corrected chi connectivity index (χ0v) is 37.2. The molecule has 3 aromatic rings. The van der Waals surface area contributed by atoms with Gasteiger partial charge in [0.25, 0.3) is 0 Å². The number of benzene rings is 3. The van der Waals surface area contributed by atoms with Gasteiger partial charge in [0.15, 0.2) is 0 Å². The van der Waals surface area contributed by atoms with Crippen LogP contribution in [0.3, 0.4) is 0 Å². The van der Waals surface area contributed by atoms with Gasteiger partial charge in [-0.15, -0.1) is 0 Å². The minimum atomic E-state index is -1.28. The van der Waals surface area contributed by atoms with Crippen molar-refractivity contribution >= 4 is 41.1 Å². The molecular formula is C50H65N5O8. The van der Waals surface area contributed by atoms with Gasteiger partial charge in [0.2, 0.25) is 23.6 Å².